The molecule has 1 N–H and O–H groups in total. The molecular formula is C33H23N5O2. The van der Waals surface area contributed by atoms with E-state index < -0.39 is 0 Å². The molecule has 2 aromatic heterocycles. The Morgan fingerprint density at radius 3 is 2.35 bits per heavy atom. The van der Waals surface area contributed by atoms with E-state index in [0.29, 0.717) is 28.8 Å². The number of benzene rings is 4. The summed E-state index contributed by atoms with van der Waals surface area (Å²) in [6, 6.07) is 36.7. The van der Waals surface area contributed by atoms with Crippen LogP contribution in [0.15, 0.2) is 120 Å². The number of aromatic nitrogens is 4. The summed E-state index contributed by atoms with van der Waals surface area (Å²) in [5.74, 6) is 0.942. The summed E-state index contributed by atoms with van der Waals surface area (Å²) in [4.78, 5) is 20.0. The van der Waals surface area contributed by atoms with Gasteiger partial charge in [-0.3, -0.25) is 4.79 Å². The zero-order chi connectivity index (χ0) is 27.3. The number of fused-ring (bicyclic) bond motifs is 1. The van der Waals surface area contributed by atoms with Crippen molar-refractivity contribution in [1.29, 1.82) is 5.26 Å². The van der Waals surface area contributed by atoms with Gasteiger partial charge in [-0.05, 0) is 60.2 Å². The van der Waals surface area contributed by atoms with Gasteiger partial charge in [-0.2, -0.15) is 10.4 Å². The van der Waals surface area contributed by atoms with E-state index in [-0.39, 0.29) is 17.0 Å². The molecule has 40 heavy (non-hydrogen) atoms. The minimum absolute atomic E-state index is 0.203. The number of para-hydroxylation sites is 2. The van der Waals surface area contributed by atoms with Crippen LogP contribution in [0.4, 0.5) is 0 Å². The second-order valence-corrected chi connectivity index (χ2v) is 9.11. The molecule has 0 spiro atoms. The Morgan fingerprint density at radius 2 is 1.60 bits per heavy atom. The van der Waals surface area contributed by atoms with Crippen molar-refractivity contribution in [2.24, 2.45) is 0 Å². The number of nitrogens with zero attached hydrogens (tertiary/aromatic N) is 4. The van der Waals surface area contributed by atoms with E-state index in [1.807, 2.05) is 97.2 Å². The van der Waals surface area contributed by atoms with E-state index in [0.717, 1.165) is 22.6 Å². The van der Waals surface area contributed by atoms with E-state index in [9.17, 15) is 10.1 Å². The average Bonchev–Trinajstić information content (AvgIpc) is 3.44. The van der Waals surface area contributed by atoms with Crippen molar-refractivity contribution in [1.82, 2.24) is 19.7 Å². The first kappa shape index (κ1) is 24.6. The van der Waals surface area contributed by atoms with E-state index in [1.54, 1.807) is 29.0 Å². The van der Waals surface area contributed by atoms with Gasteiger partial charge >= 0.3 is 0 Å². The van der Waals surface area contributed by atoms with Crippen molar-refractivity contribution in [3.63, 3.8) is 0 Å². The van der Waals surface area contributed by atoms with Gasteiger partial charge in [-0.1, -0.05) is 60.7 Å². The summed E-state index contributed by atoms with van der Waals surface area (Å²) in [6.45, 7) is 0.472. The summed E-state index contributed by atoms with van der Waals surface area (Å²) in [5.41, 5.74) is 4.64. The summed E-state index contributed by atoms with van der Waals surface area (Å²) >= 11 is 0. The maximum atomic E-state index is 12.7. The Kier molecular flexibility index (Phi) is 6.72. The lowest BCUT2D eigenvalue weighted by Gasteiger charge is -2.07. The number of H-pyrrole nitrogens is 1. The van der Waals surface area contributed by atoms with E-state index in [2.05, 4.69) is 16.0 Å². The van der Waals surface area contributed by atoms with Crippen molar-refractivity contribution in [2.75, 3.05) is 0 Å². The molecule has 0 saturated carbocycles. The lowest BCUT2D eigenvalue weighted by atomic mass is 10.1. The van der Waals surface area contributed by atoms with E-state index in [4.69, 9.17) is 9.84 Å². The molecule has 0 radical (unpaired) electrons. The molecule has 6 aromatic rings. The Labute approximate surface area is 230 Å². The molecule has 0 atom stereocenters. The molecule has 0 saturated heterocycles. The molecule has 0 aliphatic heterocycles. The molecule has 0 aliphatic carbocycles. The smallest absolute Gasteiger partial charge is 0.259 e. The number of aromatic amines is 1. The van der Waals surface area contributed by atoms with Crippen LogP contribution in [0.1, 0.15) is 17.0 Å². The first-order chi connectivity index (χ1) is 19.7. The number of rotatable bonds is 7. The zero-order valence-corrected chi connectivity index (χ0v) is 21.4. The first-order valence-electron chi connectivity index (χ1n) is 12.7. The lowest BCUT2D eigenvalue weighted by molar-refractivity contribution is 0.306. The van der Waals surface area contributed by atoms with Gasteiger partial charge in [0.2, 0.25) is 0 Å². The normalized spacial score (nSPS) is 11.3. The monoisotopic (exact) mass is 521 g/mol. The predicted octanol–water partition coefficient (Wildman–Crippen LogP) is 6.42. The second kappa shape index (κ2) is 10.9. The highest BCUT2D eigenvalue weighted by Gasteiger charge is 2.15. The maximum Gasteiger partial charge on any atom is 0.259 e. The largest absolute Gasteiger partial charge is 0.489 e. The van der Waals surface area contributed by atoms with E-state index in [1.165, 1.54) is 0 Å². The number of ether oxygens (including phenoxy) is 1. The molecule has 192 valence electrons. The zero-order valence-electron chi connectivity index (χ0n) is 21.4. The highest BCUT2D eigenvalue weighted by Crippen LogP contribution is 2.29. The molecule has 0 fully saturated rings. The minimum Gasteiger partial charge on any atom is -0.489 e. The maximum absolute atomic E-state index is 12.7. The van der Waals surface area contributed by atoms with Gasteiger partial charge in [-0.15, -0.1) is 0 Å². The van der Waals surface area contributed by atoms with Crippen molar-refractivity contribution in [3.8, 4) is 28.8 Å². The number of allylic oxidation sites excluding steroid dienone is 1. The van der Waals surface area contributed by atoms with Gasteiger partial charge in [0, 0.05) is 17.3 Å². The molecular weight excluding hydrogens is 498 g/mol. The second-order valence-electron chi connectivity index (χ2n) is 9.11. The van der Waals surface area contributed by atoms with Crippen molar-refractivity contribution < 1.29 is 4.74 Å². The predicted molar refractivity (Wildman–Crippen MR) is 156 cm³/mol. The van der Waals surface area contributed by atoms with Gasteiger partial charge in [0.05, 0.1) is 27.9 Å². The van der Waals surface area contributed by atoms with E-state index >= 15 is 0 Å². The molecule has 0 unspecified atom stereocenters. The minimum atomic E-state index is -0.298. The van der Waals surface area contributed by atoms with Crippen LogP contribution in [0.2, 0.25) is 0 Å². The molecule has 2 heterocycles. The fourth-order valence-electron chi connectivity index (χ4n) is 4.40. The third-order valence-electron chi connectivity index (χ3n) is 6.43. The molecule has 0 amide bonds. The molecule has 7 heteroatoms. The summed E-state index contributed by atoms with van der Waals surface area (Å²) < 4.78 is 7.72. The fraction of sp³-hybridized carbons (Fsp3) is 0.0303. The molecule has 6 rings (SSSR count). The van der Waals surface area contributed by atoms with Crippen LogP contribution < -0.4 is 10.3 Å². The molecule has 0 bridgehead atoms. The van der Waals surface area contributed by atoms with Crippen LogP contribution in [0.5, 0.6) is 5.75 Å². The highest BCUT2D eigenvalue weighted by atomic mass is 16.5. The summed E-state index contributed by atoms with van der Waals surface area (Å²) in [5, 5.41) is 15.4. The van der Waals surface area contributed by atoms with Crippen LogP contribution in [0.3, 0.4) is 0 Å². The van der Waals surface area contributed by atoms with Crippen LogP contribution in [-0.2, 0) is 6.61 Å². The molecule has 0 aliphatic rings. The number of nitrogens with one attached hydrogen (secondary N) is 1. The first-order valence-corrected chi connectivity index (χ1v) is 12.7. The Bertz CT molecular complexity index is 1920. The van der Waals surface area contributed by atoms with Crippen molar-refractivity contribution >= 4 is 22.6 Å². The Hall–Kier alpha value is -5.74. The summed E-state index contributed by atoms with van der Waals surface area (Å²) in [6.07, 6.45) is 3.57. The van der Waals surface area contributed by atoms with Crippen LogP contribution in [-0.4, -0.2) is 19.7 Å². The van der Waals surface area contributed by atoms with Gasteiger partial charge < -0.3 is 9.72 Å². The fourth-order valence-corrected chi connectivity index (χ4v) is 4.40. The third-order valence-corrected chi connectivity index (χ3v) is 6.43. The Balaban J connectivity index is 1.39. The average molecular weight is 522 g/mol. The lowest BCUT2D eigenvalue weighted by Crippen LogP contribution is -2.11. The highest BCUT2D eigenvalue weighted by molar-refractivity contribution is 5.91. The SMILES string of the molecule is N#CC(=Cc1cn(-c2ccccc2)nc1-c1ccc(OCc2ccccc2)cc1)c1nc2ccccc2c(=O)[nH]1. The van der Waals surface area contributed by atoms with Crippen molar-refractivity contribution in [2.45, 2.75) is 6.61 Å². The van der Waals surface area contributed by atoms with Gasteiger partial charge in [0.15, 0.2) is 5.82 Å². The van der Waals surface area contributed by atoms with Crippen LogP contribution in [0.25, 0.3) is 39.5 Å². The van der Waals surface area contributed by atoms with Crippen LogP contribution >= 0.6 is 0 Å². The number of hydrogen-bond acceptors (Lipinski definition) is 5. The van der Waals surface area contributed by atoms with Gasteiger partial charge in [0.25, 0.3) is 5.56 Å². The number of nitriles is 1. The van der Waals surface area contributed by atoms with Gasteiger partial charge in [0.1, 0.15) is 18.4 Å². The van der Waals surface area contributed by atoms with Gasteiger partial charge in [-0.25, -0.2) is 9.67 Å². The topological polar surface area (TPSA) is 96.6 Å². The van der Waals surface area contributed by atoms with Crippen molar-refractivity contribution in [3.05, 3.63) is 143 Å². The third kappa shape index (κ3) is 5.15. The number of hydrogen-bond donors (Lipinski definition) is 1. The summed E-state index contributed by atoms with van der Waals surface area (Å²) in [7, 11) is 0. The Morgan fingerprint density at radius 1 is 0.900 bits per heavy atom. The standard InChI is InChI=1S/C33H23N5O2/c34-20-25(32-35-30-14-8-7-13-29(30)33(39)36-32)19-26-21-38(27-11-5-2-6-12-27)37-31(26)24-15-17-28(18-16-24)40-22-23-9-3-1-4-10-23/h1-19,21H,22H2,(H,35,36,39). The van der Waals surface area contributed by atoms with Crippen LogP contribution in [0, 0.1) is 11.3 Å². The quantitative estimate of drug-likeness (QED) is 0.245. The molecule has 7 nitrogen and oxygen atoms in total. The molecule has 4 aromatic carbocycles.